The molecule has 0 saturated heterocycles. The van der Waals surface area contributed by atoms with Gasteiger partial charge in [0.05, 0.1) is 13.2 Å². The standard InChI is InChI=1S/C36H58NO8P/c1-3-5-7-9-11-13-15-17-19-21-23-25-27-29-36(39)45-34(33-44-46(40,41)43-31-30-37)32-42-35(38)28-26-24-22-20-18-16-14-12-10-8-6-4-2/h5-9,11-15,17-20,34H,3-4,10,16,21-33,37H2,1-2H3,(H,40,41)/b7-5+,8-6+,11-9+,14-12+,15-13+,19-17+,20-18+. The molecule has 9 nitrogen and oxygen atoms in total. The fourth-order valence-corrected chi connectivity index (χ4v) is 4.48. The number of esters is 2. The summed E-state index contributed by atoms with van der Waals surface area (Å²) in [4.78, 5) is 34.5. The molecule has 0 radical (unpaired) electrons. The fraction of sp³-hybridized carbons (Fsp3) is 0.556. The van der Waals surface area contributed by atoms with Crippen molar-refractivity contribution in [2.45, 2.75) is 103 Å². The molecule has 0 aromatic carbocycles. The van der Waals surface area contributed by atoms with Gasteiger partial charge in [-0.3, -0.25) is 18.6 Å². The lowest BCUT2D eigenvalue weighted by Crippen LogP contribution is -2.29. The molecule has 2 unspecified atom stereocenters. The molecule has 0 heterocycles. The Kier molecular flexibility index (Phi) is 30.2. The van der Waals surface area contributed by atoms with Crippen LogP contribution in [0.25, 0.3) is 0 Å². The van der Waals surface area contributed by atoms with Gasteiger partial charge < -0.3 is 20.1 Å². The average molecular weight is 664 g/mol. The number of hydrogen-bond acceptors (Lipinski definition) is 8. The van der Waals surface area contributed by atoms with Crippen molar-refractivity contribution in [1.82, 2.24) is 0 Å². The average Bonchev–Trinajstić information content (AvgIpc) is 3.04. The molecular formula is C36H58NO8P. The van der Waals surface area contributed by atoms with Crippen LogP contribution in [0.3, 0.4) is 0 Å². The molecular weight excluding hydrogens is 605 g/mol. The molecule has 10 heteroatoms. The third kappa shape index (κ3) is 31.2. The minimum Gasteiger partial charge on any atom is -0.462 e. The number of carbonyl (C=O) groups excluding carboxylic acids is 2. The van der Waals surface area contributed by atoms with E-state index in [1.54, 1.807) is 0 Å². The van der Waals surface area contributed by atoms with Gasteiger partial charge in [0, 0.05) is 19.4 Å². The summed E-state index contributed by atoms with van der Waals surface area (Å²) in [6.07, 6.45) is 37.7. The first-order chi connectivity index (χ1) is 22.3. The zero-order valence-corrected chi connectivity index (χ0v) is 28.9. The highest BCUT2D eigenvalue weighted by Crippen LogP contribution is 2.43. The van der Waals surface area contributed by atoms with Crippen LogP contribution in [0, 0.1) is 0 Å². The minimum absolute atomic E-state index is 0.0362. The van der Waals surface area contributed by atoms with Crippen molar-refractivity contribution in [3.05, 3.63) is 85.1 Å². The smallest absolute Gasteiger partial charge is 0.462 e. The van der Waals surface area contributed by atoms with Crippen LogP contribution in [0.1, 0.15) is 97.3 Å². The number of phosphoric acid groups is 1. The van der Waals surface area contributed by atoms with Gasteiger partial charge in [-0.15, -0.1) is 0 Å². The van der Waals surface area contributed by atoms with Crippen LogP contribution in [-0.2, 0) is 32.7 Å². The number of unbranched alkanes of at least 4 members (excludes halogenated alkanes) is 5. The largest absolute Gasteiger partial charge is 0.472 e. The molecule has 0 aliphatic rings. The highest BCUT2D eigenvalue weighted by atomic mass is 31.2. The van der Waals surface area contributed by atoms with Gasteiger partial charge in [0.25, 0.3) is 0 Å². The fourth-order valence-electron chi connectivity index (χ4n) is 3.71. The van der Waals surface area contributed by atoms with Gasteiger partial charge in [-0.1, -0.05) is 105 Å². The summed E-state index contributed by atoms with van der Waals surface area (Å²) in [5.41, 5.74) is 5.31. The van der Waals surface area contributed by atoms with E-state index in [4.69, 9.17) is 24.3 Å². The van der Waals surface area contributed by atoms with Crippen molar-refractivity contribution in [2.24, 2.45) is 5.73 Å². The number of phosphoric ester groups is 1. The second-order valence-electron chi connectivity index (χ2n) is 10.4. The molecule has 260 valence electrons. The Balaban J connectivity index is 4.47. The Bertz CT molecular complexity index is 1030. The van der Waals surface area contributed by atoms with Crippen molar-refractivity contribution < 1.29 is 37.6 Å². The highest BCUT2D eigenvalue weighted by Gasteiger charge is 2.25. The molecule has 0 rings (SSSR count). The van der Waals surface area contributed by atoms with E-state index in [1.165, 1.54) is 0 Å². The molecule has 2 atom stereocenters. The van der Waals surface area contributed by atoms with Gasteiger partial charge in [0.2, 0.25) is 0 Å². The topological polar surface area (TPSA) is 134 Å². The lowest BCUT2D eigenvalue weighted by atomic mass is 10.1. The molecule has 0 bridgehead atoms. The molecule has 0 saturated carbocycles. The number of hydrogen-bond donors (Lipinski definition) is 2. The first-order valence-electron chi connectivity index (χ1n) is 16.6. The van der Waals surface area contributed by atoms with Crippen LogP contribution in [0.5, 0.6) is 0 Å². The minimum atomic E-state index is -4.39. The summed E-state index contributed by atoms with van der Waals surface area (Å²) < 4.78 is 32.4. The monoisotopic (exact) mass is 663 g/mol. The van der Waals surface area contributed by atoms with Crippen LogP contribution in [0.4, 0.5) is 0 Å². The predicted molar refractivity (Wildman–Crippen MR) is 187 cm³/mol. The lowest BCUT2D eigenvalue weighted by molar-refractivity contribution is -0.161. The van der Waals surface area contributed by atoms with E-state index in [-0.39, 0.29) is 32.6 Å². The Hall–Kier alpha value is -2.81. The maximum absolute atomic E-state index is 12.4. The summed E-state index contributed by atoms with van der Waals surface area (Å²) >= 11 is 0. The first kappa shape index (κ1) is 43.2. The van der Waals surface area contributed by atoms with Crippen LogP contribution >= 0.6 is 7.82 Å². The Labute approximate surface area is 277 Å². The Morgan fingerprint density at radius 3 is 1.93 bits per heavy atom. The van der Waals surface area contributed by atoms with E-state index in [9.17, 15) is 19.0 Å². The number of rotatable bonds is 29. The Morgan fingerprint density at radius 2 is 1.24 bits per heavy atom. The Morgan fingerprint density at radius 1 is 0.674 bits per heavy atom. The first-order valence-corrected chi connectivity index (χ1v) is 18.1. The summed E-state index contributed by atoms with van der Waals surface area (Å²) in [6.45, 7) is 3.32. The number of ether oxygens (including phenoxy) is 2. The predicted octanol–water partition coefficient (Wildman–Crippen LogP) is 8.54. The van der Waals surface area contributed by atoms with E-state index < -0.39 is 32.5 Å². The van der Waals surface area contributed by atoms with Crippen molar-refractivity contribution >= 4 is 19.8 Å². The SMILES string of the molecule is CC/C=C/C=C/C=C/C=C/CCCCCC(=O)OC(COC(=O)CCCC/C=C/C/C=C/C/C=C/CC)COP(=O)(O)OCCN. The maximum atomic E-state index is 12.4. The van der Waals surface area contributed by atoms with E-state index in [2.05, 4.69) is 62.5 Å². The molecule has 46 heavy (non-hydrogen) atoms. The zero-order valence-electron chi connectivity index (χ0n) is 28.0. The van der Waals surface area contributed by atoms with Crippen LogP contribution in [0.2, 0.25) is 0 Å². The van der Waals surface area contributed by atoms with Crippen molar-refractivity contribution in [2.75, 3.05) is 26.4 Å². The van der Waals surface area contributed by atoms with Crippen LogP contribution < -0.4 is 5.73 Å². The molecule has 0 aromatic rings. The molecule has 3 N–H and O–H groups in total. The van der Waals surface area contributed by atoms with Gasteiger partial charge in [-0.05, 0) is 64.2 Å². The molecule has 0 aliphatic heterocycles. The summed E-state index contributed by atoms with van der Waals surface area (Å²) in [5, 5.41) is 0. The van der Waals surface area contributed by atoms with E-state index in [1.807, 2.05) is 36.5 Å². The third-order valence-electron chi connectivity index (χ3n) is 6.12. The van der Waals surface area contributed by atoms with Crippen molar-refractivity contribution in [3.8, 4) is 0 Å². The van der Waals surface area contributed by atoms with Gasteiger partial charge in [0.1, 0.15) is 6.61 Å². The molecule has 0 aliphatic carbocycles. The molecule has 0 spiro atoms. The quantitative estimate of drug-likeness (QED) is 0.0265. The van der Waals surface area contributed by atoms with E-state index in [0.717, 1.165) is 57.8 Å². The van der Waals surface area contributed by atoms with Crippen LogP contribution in [-0.4, -0.2) is 49.3 Å². The van der Waals surface area contributed by atoms with Crippen molar-refractivity contribution in [3.63, 3.8) is 0 Å². The maximum Gasteiger partial charge on any atom is 0.472 e. The second kappa shape index (κ2) is 32.1. The van der Waals surface area contributed by atoms with Gasteiger partial charge in [-0.2, -0.15) is 0 Å². The lowest BCUT2D eigenvalue weighted by Gasteiger charge is -2.19. The summed E-state index contributed by atoms with van der Waals surface area (Å²) in [5.74, 6) is -0.936. The van der Waals surface area contributed by atoms with Gasteiger partial charge >= 0.3 is 19.8 Å². The summed E-state index contributed by atoms with van der Waals surface area (Å²) in [7, 11) is -4.39. The number of allylic oxidation sites excluding steroid dienone is 14. The van der Waals surface area contributed by atoms with E-state index >= 15 is 0 Å². The number of carbonyl (C=O) groups is 2. The van der Waals surface area contributed by atoms with Crippen LogP contribution in [0.15, 0.2) is 85.1 Å². The second-order valence-corrected chi connectivity index (χ2v) is 11.8. The summed E-state index contributed by atoms with van der Waals surface area (Å²) in [6, 6.07) is 0. The molecule has 0 fully saturated rings. The molecule has 0 aromatic heterocycles. The molecule has 0 amide bonds. The van der Waals surface area contributed by atoms with Gasteiger partial charge in [0.15, 0.2) is 6.10 Å². The zero-order chi connectivity index (χ0) is 34.0. The van der Waals surface area contributed by atoms with E-state index in [0.29, 0.717) is 12.8 Å². The highest BCUT2D eigenvalue weighted by molar-refractivity contribution is 7.47. The van der Waals surface area contributed by atoms with Gasteiger partial charge in [-0.25, -0.2) is 4.57 Å². The normalized spacial score (nSPS) is 14.6. The van der Waals surface area contributed by atoms with Crippen molar-refractivity contribution in [1.29, 1.82) is 0 Å². The number of nitrogens with two attached hydrogens (primary N) is 1. The third-order valence-corrected chi connectivity index (χ3v) is 7.11.